The molecule has 5 rings (SSSR count). The van der Waals surface area contributed by atoms with Gasteiger partial charge in [-0.3, -0.25) is 4.79 Å². The van der Waals surface area contributed by atoms with Crippen LogP contribution in [0.3, 0.4) is 0 Å². The van der Waals surface area contributed by atoms with Crippen molar-refractivity contribution in [2.75, 3.05) is 51.6 Å². The first-order valence-corrected chi connectivity index (χ1v) is 14.8. The molecule has 0 aromatic heterocycles. The number of nitrogens with zero attached hydrogens (tertiary/aromatic N) is 2. The molecule has 1 aromatic rings. The first kappa shape index (κ1) is 26.6. The molecule has 0 unspecified atom stereocenters. The van der Waals surface area contributed by atoms with Gasteiger partial charge in [0.25, 0.3) is 5.91 Å². The first-order valence-electron chi connectivity index (χ1n) is 13.3. The summed E-state index contributed by atoms with van der Waals surface area (Å²) in [7, 11) is -1.58. The average molecular weight is 533 g/mol. The van der Waals surface area contributed by atoms with E-state index < -0.39 is 10.0 Å². The van der Waals surface area contributed by atoms with Gasteiger partial charge in [-0.05, 0) is 72.5 Å². The lowest BCUT2D eigenvalue weighted by atomic mass is 10.00. The van der Waals surface area contributed by atoms with Crippen LogP contribution in [0.15, 0.2) is 59.5 Å². The predicted octanol–water partition coefficient (Wildman–Crippen LogP) is 4.32. The van der Waals surface area contributed by atoms with Crippen molar-refractivity contribution in [1.29, 1.82) is 0 Å². The highest BCUT2D eigenvalue weighted by Gasteiger charge is 2.28. The Kier molecular flexibility index (Phi) is 7.68. The quantitative estimate of drug-likeness (QED) is 0.334. The Labute approximate surface area is 225 Å². The third-order valence-corrected chi connectivity index (χ3v) is 8.98. The summed E-state index contributed by atoms with van der Waals surface area (Å²) in [4.78, 5) is 17.8. The molecule has 38 heavy (non-hydrogen) atoms. The minimum absolute atomic E-state index is 0.167. The van der Waals surface area contributed by atoms with E-state index >= 15 is 0 Å². The SMILES string of the molecule is CC(C)c1cc(/C=C2\C(=O)Nc3ccc(S(=O)(=O)NCCCN4CCN(C)CC4)cc32)c2cccccc1-2. The zero-order valence-corrected chi connectivity index (χ0v) is 23.1. The molecule has 1 aromatic carbocycles. The molecule has 0 radical (unpaired) electrons. The molecule has 1 saturated heterocycles. The lowest BCUT2D eigenvalue weighted by molar-refractivity contribution is -0.110. The fraction of sp³-hybridized carbons (Fsp3) is 0.367. The topological polar surface area (TPSA) is 81.7 Å². The van der Waals surface area contributed by atoms with Gasteiger partial charge in [0.15, 0.2) is 0 Å². The maximum atomic E-state index is 13.1. The molecule has 2 aliphatic carbocycles. The van der Waals surface area contributed by atoms with Gasteiger partial charge in [0.1, 0.15) is 0 Å². The molecule has 2 aliphatic heterocycles. The van der Waals surface area contributed by atoms with Gasteiger partial charge >= 0.3 is 0 Å². The number of carbonyl (C=O) groups is 1. The number of benzene rings is 1. The van der Waals surface area contributed by atoms with Crippen LogP contribution in [0.5, 0.6) is 0 Å². The van der Waals surface area contributed by atoms with Crippen molar-refractivity contribution >= 4 is 33.3 Å². The van der Waals surface area contributed by atoms with Crippen molar-refractivity contribution in [3.8, 4) is 11.1 Å². The van der Waals surface area contributed by atoms with E-state index in [-0.39, 0.29) is 10.8 Å². The number of sulfonamides is 1. The van der Waals surface area contributed by atoms with E-state index in [1.807, 2.05) is 24.3 Å². The molecule has 200 valence electrons. The Morgan fingerprint density at radius 3 is 2.45 bits per heavy atom. The zero-order chi connectivity index (χ0) is 26.9. The minimum atomic E-state index is -3.70. The molecule has 7 nitrogen and oxygen atoms in total. The molecule has 0 atom stereocenters. The molecular formula is C30H36N4O3S. The van der Waals surface area contributed by atoms with E-state index in [0.29, 0.717) is 29.3 Å². The highest BCUT2D eigenvalue weighted by atomic mass is 32.2. The summed E-state index contributed by atoms with van der Waals surface area (Å²) >= 11 is 0. The number of rotatable bonds is 8. The number of hydrogen-bond donors (Lipinski definition) is 2. The number of carbonyl (C=O) groups excluding carboxylic acids is 1. The largest absolute Gasteiger partial charge is 0.321 e. The van der Waals surface area contributed by atoms with Crippen molar-refractivity contribution in [2.24, 2.45) is 0 Å². The Hall–Kier alpha value is -3.04. The summed E-state index contributed by atoms with van der Waals surface area (Å²) in [5.74, 6) is 0.103. The van der Waals surface area contributed by atoms with E-state index in [4.69, 9.17) is 0 Å². The molecule has 2 N–H and O–H groups in total. The van der Waals surface area contributed by atoms with E-state index in [2.05, 4.69) is 58.9 Å². The predicted molar refractivity (Wildman–Crippen MR) is 154 cm³/mol. The Bertz CT molecular complexity index is 1440. The molecule has 2 heterocycles. The molecule has 1 amide bonds. The summed E-state index contributed by atoms with van der Waals surface area (Å²) < 4.78 is 29.0. The van der Waals surface area contributed by atoms with E-state index in [9.17, 15) is 13.2 Å². The zero-order valence-electron chi connectivity index (χ0n) is 22.3. The maximum absolute atomic E-state index is 13.1. The third-order valence-electron chi connectivity index (χ3n) is 7.52. The summed E-state index contributed by atoms with van der Waals surface area (Å²) in [5.41, 5.74) is 6.11. The molecule has 8 heteroatoms. The monoisotopic (exact) mass is 532 g/mol. The summed E-state index contributed by atoms with van der Waals surface area (Å²) in [6, 6.07) is 17.2. The fourth-order valence-electron chi connectivity index (χ4n) is 5.27. The molecule has 0 saturated carbocycles. The highest BCUT2D eigenvalue weighted by molar-refractivity contribution is 7.89. The van der Waals surface area contributed by atoms with Crippen LogP contribution < -0.4 is 10.0 Å². The van der Waals surface area contributed by atoms with Crippen LogP contribution in [-0.4, -0.2) is 70.4 Å². The van der Waals surface area contributed by atoms with Gasteiger partial charge in [-0.1, -0.05) is 50.2 Å². The van der Waals surface area contributed by atoms with Crippen LogP contribution in [0.4, 0.5) is 5.69 Å². The number of piperazine rings is 1. The van der Waals surface area contributed by atoms with Crippen molar-refractivity contribution in [3.05, 3.63) is 71.3 Å². The van der Waals surface area contributed by atoms with Gasteiger partial charge in [-0.2, -0.15) is 0 Å². The van der Waals surface area contributed by atoms with Crippen molar-refractivity contribution in [3.63, 3.8) is 0 Å². The minimum Gasteiger partial charge on any atom is -0.321 e. The number of likely N-dealkylation sites (N-methyl/N-ethyl adjacent to an activating group) is 1. The summed E-state index contributed by atoms with van der Waals surface area (Å²) in [5, 5.41) is 2.89. The number of anilines is 1. The Morgan fingerprint density at radius 1 is 0.974 bits per heavy atom. The van der Waals surface area contributed by atoms with Gasteiger partial charge in [-0.25, -0.2) is 13.1 Å². The third kappa shape index (κ3) is 5.54. The van der Waals surface area contributed by atoms with Crippen LogP contribution in [0.2, 0.25) is 0 Å². The number of fused-ring (bicyclic) bond motifs is 2. The van der Waals surface area contributed by atoms with Crippen LogP contribution >= 0.6 is 0 Å². The summed E-state index contributed by atoms with van der Waals surface area (Å²) in [6.07, 6.45) is 2.63. The molecule has 0 spiro atoms. The highest BCUT2D eigenvalue weighted by Crippen LogP contribution is 2.40. The molecule has 4 aliphatic rings. The van der Waals surface area contributed by atoms with Gasteiger partial charge < -0.3 is 15.1 Å². The maximum Gasteiger partial charge on any atom is 0.256 e. The second kappa shape index (κ2) is 11.0. The molecule has 0 bridgehead atoms. The van der Waals surface area contributed by atoms with Crippen LogP contribution in [0, 0.1) is 0 Å². The van der Waals surface area contributed by atoms with Gasteiger partial charge in [0.05, 0.1) is 4.90 Å². The normalized spacial score (nSPS) is 17.9. The lowest BCUT2D eigenvalue weighted by Crippen LogP contribution is -2.45. The standard InChI is InChI=1S/C30H36N4O3S/c1-21(2)26-18-22(24-8-5-4-6-9-25(24)26)19-28-27-20-23(10-11-29(27)32-30(28)35)38(36,37)31-12-7-13-34-16-14-33(3)15-17-34/h4-6,8-11,18-21,31H,7,12-17H2,1-3H3,(H,32,35)/b28-19-. The van der Waals surface area contributed by atoms with Gasteiger partial charge in [-0.15, -0.1) is 0 Å². The number of nitrogens with one attached hydrogen (secondary N) is 2. The molecule has 1 fully saturated rings. The van der Waals surface area contributed by atoms with E-state index in [0.717, 1.165) is 55.8 Å². The van der Waals surface area contributed by atoms with Crippen LogP contribution in [0.1, 0.15) is 42.9 Å². The number of hydrogen-bond acceptors (Lipinski definition) is 5. The van der Waals surface area contributed by atoms with Crippen molar-refractivity contribution in [1.82, 2.24) is 14.5 Å². The summed E-state index contributed by atoms with van der Waals surface area (Å²) in [6.45, 7) is 9.68. The van der Waals surface area contributed by atoms with E-state index in [1.54, 1.807) is 18.2 Å². The second-order valence-corrected chi connectivity index (χ2v) is 12.3. The second-order valence-electron chi connectivity index (χ2n) is 10.6. The first-order chi connectivity index (χ1) is 18.2. The Balaban J connectivity index is 1.36. The Morgan fingerprint density at radius 2 is 1.71 bits per heavy atom. The van der Waals surface area contributed by atoms with Gasteiger partial charge in [0.2, 0.25) is 10.0 Å². The van der Waals surface area contributed by atoms with Crippen molar-refractivity contribution < 1.29 is 13.2 Å². The lowest BCUT2D eigenvalue weighted by Gasteiger charge is -2.32. The fourth-order valence-corrected chi connectivity index (χ4v) is 6.37. The smallest absolute Gasteiger partial charge is 0.256 e. The number of amides is 1. The van der Waals surface area contributed by atoms with Crippen molar-refractivity contribution in [2.45, 2.75) is 31.1 Å². The van der Waals surface area contributed by atoms with E-state index in [1.165, 1.54) is 5.56 Å². The van der Waals surface area contributed by atoms with Crippen LogP contribution in [0.25, 0.3) is 22.8 Å². The average Bonchev–Trinajstić information content (AvgIpc) is 3.27. The van der Waals surface area contributed by atoms with Gasteiger partial charge in [0, 0.05) is 49.5 Å². The molecular weight excluding hydrogens is 496 g/mol. The van der Waals surface area contributed by atoms with Crippen LogP contribution in [-0.2, 0) is 14.8 Å².